The number of hydrogen-bond acceptors (Lipinski definition) is 3. The van der Waals surface area contributed by atoms with Gasteiger partial charge in [0.05, 0.1) is 0 Å². The fourth-order valence-electron chi connectivity index (χ4n) is 3.08. The van der Waals surface area contributed by atoms with Crippen LogP contribution in [0.25, 0.3) is 11.1 Å². The molecule has 0 heterocycles. The van der Waals surface area contributed by atoms with E-state index in [2.05, 4.69) is 29.6 Å². The number of nitrogens with one attached hydrogen (secondary N) is 1. The topological polar surface area (TPSA) is 58.6 Å². The van der Waals surface area contributed by atoms with Crippen molar-refractivity contribution in [2.75, 3.05) is 19.8 Å². The first-order chi connectivity index (χ1) is 11.3. The normalized spacial score (nSPS) is 12.6. The highest BCUT2D eigenvalue weighted by Crippen LogP contribution is 2.44. The molecular formula is C19H21NO3. The number of amides is 1. The molecule has 2 aromatic carbocycles. The number of alkyl carbamates (subject to hydrolysis) is 1. The Bertz CT molecular complexity index is 638. The lowest BCUT2D eigenvalue weighted by Crippen LogP contribution is -2.27. The van der Waals surface area contributed by atoms with Crippen molar-refractivity contribution in [3.8, 4) is 11.1 Å². The zero-order valence-electron chi connectivity index (χ0n) is 13.0. The van der Waals surface area contributed by atoms with Gasteiger partial charge in [-0.2, -0.15) is 0 Å². The maximum Gasteiger partial charge on any atom is 0.407 e. The Labute approximate surface area is 136 Å². The summed E-state index contributed by atoms with van der Waals surface area (Å²) < 4.78 is 5.41. The van der Waals surface area contributed by atoms with Crippen molar-refractivity contribution in [1.82, 2.24) is 5.32 Å². The number of benzene rings is 2. The van der Waals surface area contributed by atoms with E-state index in [0.29, 0.717) is 19.6 Å². The molecule has 0 fully saturated rings. The molecule has 3 rings (SSSR count). The minimum atomic E-state index is -0.398. The molecule has 23 heavy (non-hydrogen) atoms. The smallest absolute Gasteiger partial charge is 0.407 e. The number of ether oxygens (including phenoxy) is 1. The Hall–Kier alpha value is -2.33. The lowest BCUT2D eigenvalue weighted by molar-refractivity contribution is 0.142. The maximum atomic E-state index is 11.8. The van der Waals surface area contributed by atoms with Crippen molar-refractivity contribution in [1.29, 1.82) is 0 Å². The second kappa shape index (κ2) is 7.29. The van der Waals surface area contributed by atoms with Crippen molar-refractivity contribution in [3.05, 3.63) is 59.7 Å². The molecule has 2 aromatic rings. The molecule has 0 saturated heterocycles. The first-order valence-corrected chi connectivity index (χ1v) is 8.01. The quantitative estimate of drug-likeness (QED) is 0.805. The van der Waals surface area contributed by atoms with Crippen LogP contribution in [0.2, 0.25) is 0 Å². The number of hydrogen-bond donors (Lipinski definition) is 2. The summed E-state index contributed by atoms with van der Waals surface area (Å²) in [6.07, 6.45) is 1.04. The van der Waals surface area contributed by atoms with Crippen LogP contribution in [0.4, 0.5) is 4.79 Å². The van der Waals surface area contributed by atoms with Crippen LogP contribution in [0.1, 0.15) is 29.9 Å². The van der Waals surface area contributed by atoms with Crippen molar-refractivity contribution >= 4 is 6.09 Å². The molecule has 0 aromatic heterocycles. The average molecular weight is 311 g/mol. The second-order valence-corrected chi connectivity index (χ2v) is 5.68. The van der Waals surface area contributed by atoms with Gasteiger partial charge in [0.1, 0.15) is 6.61 Å². The molecule has 1 aliphatic carbocycles. The fourth-order valence-corrected chi connectivity index (χ4v) is 3.08. The summed E-state index contributed by atoms with van der Waals surface area (Å²) >= 11 is 0. The van der Waals surface area contributed by atoms with Gasteiger partial charge in [-0.3, -0.25) is 0 Å². The van der Waals surface area contributed by atoms with Crippen LogP contribution in [0.15, 0.2) is 48.5 Å². The van der Waals surface area contributed by atoms with Gasteiger partial charge in [0.2, 0.25) is 0 Å². The molecular weight excluding hydrogens is 290 g/mol. The lowest BCUT2D eigenvalue weighted by Gasteiger charge is -2.14. The van der Waals surface area contributed by atoms with Gasteiger partial charge >= 0.3 is 6.09 Å². The summed E-state index contributed by atoms with van der Waals surface area (Å²) in [6, 6.07) is 16.5. The molecule has 1 aliphatic rings. The number of carbonyl (C=O) groups excluding carboxylic acids is 1. The van der Waals surface area contributed by atoms with E-state index in [1.165, 1.54) is 22.3 Å². The fraction of sp³-hybridized carbons (Fsp3) is 0.316. The third-order valence-electron chi connectivity index (χ3n) is 4.20. The van der Waals surface area contributed by atoms with E-state index >= 15 is 0 Å². The summed E-state index contributed by atoms with van der Waals surface area (Å²) in [7, 11) is 0. The highest BCUT2D eigenvalue weighted by Gasteiger charge is 2.28. The van der Waals surface area contributed by atoms with Crippen LogP contribution in [-0.2, 0) is 4.74 Å². The summed E-state index contributed by atoms with van der Waals surface area (Å²) in [6.45, 7) is 1.00. The van der Waals surface area contributed by atoms with Crippen molar-refractivity contribution in [3.63, 3.8) is 0 Å². The maximum absolute atomic E-state index is 11.8. The molecule has 4 nitrogen and oxygen atoms in total. The third kappa shape index (κ3) is 3.37. The van der Waals surface area contributed by atoms with Gasteiger partial charge in [-0.15, -0.1) is 0 Å². The SMILES string of the molecule is O=C(NCCCCO)OCC1c2ccccc2-c2ccccc21. The van der Waals surface area contributed by atoms with Gasteiger partial charge in [0.25, 0.3) is 0 Å². The van der Waals surface area contributed by atoms with E-state index in [1.807, 2.05) is 24.3 Å². The summed E-state index contributed by atoms with van der Waals surface area (Å²) in [4.78, 5) is 11.8. The van der Waals surface area contributed by atoms with Gasteiger partial charge in [0.15, 0.2) is 0 Å². The zero-order valence-corrected chi connectivity index (χ0v) is 13.0. The van der Waals surface area contributed by atoms with Crippen LogP contribution >= 0.6 is 0 Å². The van der Waals surface area contributed by atoms with Crippen LogP contribution in [0, 0.1) is 0 Å². The Morgan fingerprint density at radius 2 is 1.61 bits per heavy atom. The predicted molar refractivity (Wildman–Crippen MR) is 89.4 cm³/mol. The number of fused-ring (bicyclic) bond motifs is 3. The predicted octanol–water partition coefficient (Wildman–Crippen LogP) is 3.30. The minimum absolute atomic E-state index is 0.0885. The van der Waals surface area contributed by atoms with Crippen LogP contribution < -0.4 is 5.32 Å². The largest absolute Gasteiger partial charge is 0.449 e. The van der Waals surface area contributed by atoms with E-state index in [9.17, 15) is 4.79 Å². The van der Waals surface area contributed by atoms with Crippen molar-refractivity contribution < 1.29 is 14.6 Å². The molecule has 120 valence electrons. The van der Waals surface area contributed by atoms with Gasteiger partial charge < -0.3 is 15.2 Å². The highest BCUT2D eigenvalue weighted by molar-refractivity contribution is 5.79. The Balaban J connectivity index is 1.65. The zero-order chi connectivity index (χ0) is 16.1. The van der Waals surface area contributed by atoms with E-state index < -0.39 is 6.09 Å². The third-order valence-corrected chi connectivity index (χ3v) is 4.20. The molecule has 0 bridgehead atoms. The lowest BCUT2D eigenvalue weighted by atomic mass is 9.98. The first-order valence-electron chi connectivity index (χ1n) is 8.01. The van der Waals surface area contributed by atoms with Crippen molar-refractivity contribution in [2.45, 2.75) is 18.8 Å². The number of rotatable bonds is 6. The number of aliphatic hydroxyl groups excluding tert-OH is 1. The Kier molecular flexibility index (Phi) is 4.93. The molecule has 0 spiro atoms. The standard InChI is InChI=1S/C19H21NO3/c21-12-6-5-11-20-19(22)23-13-18-16-9-3-1-7-14(16)15-8-2-4-10-17(15)18/h1-4,7-10,18,21H,5-6,11-13H2,(H,20,22). The summed E-state index contributed by atoms with van der Waals surface area (Å²) in [5.41, 5.74) is 4.86. The van der Waals surface area contributed by atoms with E-state index in [4.69, 9.17) is 9.84 Å². The second-order valence-electron chi connectivity index (χ2n) is 5.68. The van der Waals surface area contributed by atoms with Crippen LogP contribution in [0.5, 0.6) is 0 Å². The Morgan fingerprint density at radius 3 is 2.22 bits per heavy atom. The van der Waals surface area contributed by atoms with Gasteiger partial charge in [-0.1, -0.05) is 48.5 Å². The summed E-state index contributed by atoms with van der Waals surface area (Å²) in [5.74, 6) is 0.0885. The van der Waals surface area contributed by atoms with Crippen LogP contribution in [-0.4, -0.2) is 31.0 Å². The molecule has 2 N–H and O–H groups in total. The highest BCUT2D eigenvalue weighted by atomic mass is 16.5. The molecule has 0 atom stereocenters. The van der Waals surface area contributed by atoms with Crippen molar-refractivity contribution in [2.24, 2.45) is 0 Å². The molecule has 0 aliphatic heterocycles. The molecule has 0 radical (unpaired) electrons. The van der Waals surface area contributed by atoms with E-state index in [1.54, 1.807) is 0 Å². The monoisotopic (exact) mass is 311 g/mol. The Morgan fingerprint density at radius 1 is 1.00 bits per heavy atom. The summed E-state index contributed by atoms with van der Waals surface area (Å²) in [5, 5.41) is 11.4. The average Bonchev–Trinajstić information content (AvgIpc) is 2.91. The molecule has 0 saturated carbocycles. The van der Waals surface area contributed by atoms with Crippen LogP contribution in [0.3, 0.4) is 0 Å². The van der Waals surface area contributed by atoms with E-state index in [-0.39, 0.29) is 12.5 Å². The van der Waals surface area contributed by atoms with E-state index in [0.717, 1.165) is 6.42 Å². The van der Waals surface area contributed by atoms with Gasteiger partial charge in [0, 0.05) is 19.1 Å². The molecule has 4 heteroatoms. The van der Waals surface area contributed by atoms with Gasteiger partial charge in [-0.25, -0.2) is 4.79 Å². The number of aliphatic hydroxyl groups is 1. The van der Waals surface area contributed by atoms with Gasteiger partial charge in [-0.05, 0) is 35.1 Å². The number of unbranched alkanes of at least 4 members (excludes halogenated alkanes) is 1. The first kappa shape index (κ1) is 15.6. The number of carbonyl (C=O) groups is 1. The minimum Gasteiger partial charge on any atom is -0.449 e. The molecule has 1 amide bonds. The molecule has 0 unspecified atom stereocenters.